The number of carbonyl (C=O) groups excluding carboxylic acids is 1. The molecule has 38 heavy (non-hydrogen) atoms. The Morgan fingerprint density at radius 1 is 1.08 bits per heavy atom. The van der Waals surface area contributed by atoms with E-state index in [0.29, 0.717) is 38.3 Å². The fraction of sp³-hybridized carbons (Fsp3) is 0.536. The predicted octanol–water partition coefficient (Wildman–Crippen LogP) is 3.56. The van der Waals surface area contributed by atoms with Crippen LogP contribution in [0.25, 0.3) is 0 Å². The number of sulfonamides is 1. The van der Waals surface area contributed by atoms with Gasteiger partial charge in [-0.3, -0.25) is 0 Å². The summed E-state index contributed by atoms with van der Waals surface area (Å²) < 4.78 is 44.1. The number of rotatable bonds is 14. The first-order valence-corrected chi connectivity index (χ1v) is 14.5. The Labute approximate surface area is 226 Å². The van der Waals surface area contributed by atoms with Gasteiger partial charge in [-0.05, 0) is 48.6 Å². The third-order valence-electron chi connectivity index (χ3n) is 6.34. The molecule has 210 valence electrons. The van der Waals surface area contributed by atoms with Crippen LogP contribution in [0.5, 0.6) is 5.75 Å². The van der Waals surface area contributed by atoms with Crippen LogP contribution in [0.1, 0.15) is 32.3 Å². The Kier molecular flexibility index (Phi) is 11.4. The molecule has 0 radical (unpaired) electrons. The maximum absolute atomic E-state index is 13.4. The molecule has 1 aliphatic heterocycles. The molecular weight excluding hydrogens is 508 g/mol. The Balaban J connectivity index is 1.65. The topological polar surface area (TPSA) is 106 Å². The number of benzene rings is 2. The molecule has 3 rings (SSSR count). The summed E-state index contributed by atoms with van der Waals surface area (Å²) in [7, 11) is -2.32. The molecular formula is C28H40N2O7S. The van der Waals surface area contributed by atoms with Crippen LogP contribution in [0.3, 0.4) is 0 Å². The highest BCUT2D eigenvalue weighted by Crippen LogP contribution is 2.21. The van der Waals surface area contributed by atoms with Crippen molar-refractivity contribution in [1.29, 1.82) is 0 Å². The molecule has 1 fully saturated rings. The molecule has 1 aliphatic rings. The van der Waals surface area contributed by atoms with E-state index in [0.717, 1.165) is 5.56 Å². The first-order chi connectivity index (χ1) is 18.2. The van der Waals surface area contributed by atoms with E-state index in [1.54, 1.807) is 17.0 Å². The van der Waals surface area contributed by atoms with E-state index in [1.165, 1.54) is 23.5 Å². The Morgan fingerprint density at radius 2 is 1.79 bits per heavy atom. The summed E-state index contributed by atoms with van der Waals surface area (Å²) >= 11 is 0. The van der Waals surface area contributed by atoms with Crippen LogP contribution in [-0.4, -0.2) is 87.5 Å². The van der Waals surface area contributed by atoms with Crippen molar-refractivity contribution in [3.8, 4) is 5.75 Å². The second-order valence-corrected chi connectivity index (χ2v) is 11.9. The van der Waals surface area contributed by atoms with Crippen molar-refractivity contribution in [3.05, 3.63) is 60.2 Å². The fourth-order valence-corrected chi connectivity index (χ4v) is 5.87. The molecule has 2 aromatic carbocycles. The Bertz CT molecular complexity index is 1090. The monoisotopic (exact) mass is 548 g/mol. The van der Waals surface area contributed by atoms with E-state index < -0.39 is 22.2 Å². The summed E-state index contributed by atoms with van der Waals surface area (Å²) in [6, 6.07) is 16.0. The molecule has 0 aromatic heterocycles. The molecule has 2 atom stereocenters. The zero-order valence-corrected chi connectivity index (χ0v) is 23.3. The molecule has 2 aromatic rings. The van der Waals surface area contributed by atoms with Gasteiger partial charge < -0.3 is 24.2 Å². The quantitative estimate of drug-likeness (QED) is 0.385. The van der Waals surface area contributed by atoms with Crippen molar-refractivity contribution in [2.75, 3.05) is 46.5 Å². The third kappa shape index (κ3) is 8.97. The number of aliphatic hydroxyl groups is 1. The predicted molar refractivity (Wildman–Crippen MR) is 145 cm³/mol. The van der Waals surface area contributed by atoms with Crippen molar-refractivity contribution < 1.29 is 32.5 Å². The lowest BCUT2D eigenvalue weighted by atomic mass is 10.1. The molecule has 0 saturated carbocycles. The first-order valence-electron chi connectivity index (χ1n) is 13.1. The van der Waals surface area contributed by atoms with E-state index in [1.807, 2.05) is 44.2 Å². The maximum atomic E-state index is 13.4. The normalized spacial score (nSPS) is 16.5. The molecule has 1 heterocycles. The second-order valence-electron chi connectivity index (χ2n) is 9.93. The molecule has 0 bridgehead atoms. The van der Waals surface area contributed by atoms with E-state index in [-0.39, 0.29) is 43.0 Å². The van der Waals surface area contributed by atoms with Gasteiger partial charge in [-0.25, -0.2) is 13.2 Å². The average Bonchev–Trinajstić information content (AvgIpc) is 3.41. The van der Waals surface area contributed by atoms with Crippen LogP contribution in [0.2, 0.25) is 0 Å². The van der Waals surface area contributed by atoms with Crippen LogP contribution in [0.15, 0.2) is 59.5 Å². The molecule has 9 nitrogen and oxygen atoms in total. The van der Waals surface area contributed by atoms with Gasteiger partial charge in [0.05, 0.1) is 31.3 Å². The second kappa shape index (κ2) is 14.5. The maximum Gasteiger partial charge on any atom is 0.410 e. The van der Waals surface area contributed by atoms with Gasteiger partial charge in [-0.1, -0.05) is 44.2 Å². The molecule has 1 saturated heterocycles. The molecule has 1 amide bonds. The number of methoxy groups -OCH3 is 1. The van der Waals surface area contributed by atoms with Gasteiger partial charge in [0.2, 0.25) is 10.0 Å². The van der Waals surface area contributed by atoms with Gasteiger partial charge in [0.25, 0.3) is 0 Å². The summed E-state index contributed by atoms with van der Waals surface area (Å²) in [6.45, 7) is 5.64. The van der Waals surface area contributed by atoms with Gasteiger partial charge in [-0.2, -0.15) is 4.31 Å². The van der Waals surface area contributed by atoms with E-state index in [9.17, 15) is 18.3 Å². The Hall–Kier alpha value is -2.66. The van der Waals surface area contributed by atoms with Crippen molar-refractivity contribution in [2.24, 2.45) is 5.92 Å². The summed E-state index contributed by atoms with van der Waals surface area (Å²) in [6.07, 6.45) is -0.190. The number of carbonyl (C=O) groups is 1. The van der Waals surface area contributed by atoms with E-state index in [4.69, 9.17) is 14.2 Å². The summed E-state index contributed by atoms with van der Waals surface area (Å²) in [5.74, 6) is 0.618. The van der Waals surface area contributed by atoms with Crippen LogP contribution in [0, 0.1) is 5.92 Å². The summed E-state index contributed by atoms with van der Waals surface area (Å²) in [5, 5.41) is 10.9. The van der Waals surface area contributed by atoms with Gasteiger partial charge in [0.15, 0.2) is 0 Å². The van der Waals surface area contributed by atoms with Crippen molar-refractivity contribution >= 4 is 16.1 Å². The smallest absolute Gasteiger partial charge is 0.410 e. The molecule has 1 N–H and O–H groups in total. The van der Waals surface area contributed by atoms with Crippen LogP contribution in [-0.2, 0) is 25.9 Å². The van der Waals surface area contributed by atoms with Gasteiger partial charge in [-0.15, -0.1) is 0 Å². The summed E-state index contributed by atoms with van der Waals surface area (Å²) in [5.41, 5.74) is 1.09. The van der Waals surface area contributed by atoms with Gasteiger partial charge in [0, 0.05) is 32.6 Å². The lowest BCUT2D eigenvalue weighted by Gasteiger charge is -2.28. The zero-order valence-electron chi connectivity index (χ0n) is 22.5. The summed E-state index contributed by atoms with van der Waals surface area (Å²) in [4.78, 5) is 14.7. The molecule has 0 spiro atoms. The van der Waals surface area contributed by atoms with Gasteiger partial charge in [0.1, 0.15) is 11.9 Å². The highest BCUT2D eigenvalue weighted by atomic mass is 32.2. The number of hydrogen-bond acceptors (Lipinski definition) is 7. The first kappa shape index (κ1) is 29.9. The minimum atomic E-state index is -3.83. The molecule has 10 heteroatoms. The number of amides is 1. The minimum absolute atomic E-state index is 0.0567. The van der Waals surface area contributed by atoms with Crippen molar-refractivity contribution in [2.45, 2.75) is 50.2 Å². The highest BCUT2D eigenvalue weighted by Gasteiger charge is 2.29. The highest BCUT2D eigenvalue weighted by molar-refractivity contribution is 7.89. The minimum Gasteiger partial charge on any atom is -0.497 e. The number of hydrogen-bond donors (Lipinski definition) is 1. The SMILES string of the molecule is COc1ccc(S(=O)(=O)N(CC(C)C)C[C@@H](O)CCN(CCc2ccccc2)C(=O)O[C@H]2CCOC2)cc1. The molecule has 0 aliphatic carbocycles. The van der Waals surface area contributed by atoms with Crippen molar-refractivity contribution in [3.63, 3.8) is 0 Å². The van der Waals surface area contributed by atoms with Crippen LogP contribution in [0.4, 0.5) is 4.79 Å². The number of ether oxygens (including phenoxy) is 3. The number of nitrogens with zero attached hydrogens (tertiary/aromatic N) is 2. The fourth-order valence-electron chi connectivity index (χ4n) is 4.23. The third-order valence-corrected chi connectivity index (χ3v) is 8.19. The Morgan fingerprint density at radius 3 is 2.39 bits per heavy atom. The lowest BCUT2D eigenvalue weighted by molar-refractivity contribution is 0.0493. The van der Waals surface area contributed by atoms with Crippen LogP contribution < -0.4 is 4.74 Å². The van der Waals surface area contributed by atoms with Gasteiger partial charge >= 0.3 is 6.09 Å². The average molecular weight is 549 g/mol. The van der Waals surface area contributed by atoms with E-state index in [2.05, 4.69) is 0 Å². The molecule has 0 unspecified atom stereocenters. The standard InChI is InChI=1S/C28H40N2O7S/c1-22(2)19-30(38(33,34)27-11-9-25(35-3)10-12-27)20-24(31)14-17-29(16-13-23-7-5-4-6-8-23)28(32)37-26-15-18-36-21-26/h4-12,22,24,26,31H,13-21H2,1-3H3/t24-,26-/m0/s1. The zero-order chi connectivity index (χ0) is 27.5. The van der Waals surface area contributed by atoms with Crippen molar-refractivity contribution in [1.82, 2.24) is 9.21 Å². The van der Waals surface area contributed by atoms with E-state index >= 15 is 0 Å². The largest absolute Gasteiger partial charge is 0.497 e. The number of aliphatic hydroxyl groups excluding tert-OH is 1. The van der Waals surface area contributed by atoms with Crippen LogP contribution >= 0.6 is 0 Å². The lowest BCUT2D eigenvalue weighted by Crippen LogP contribution is -2.42.